The third-order valence-electron chi connectivity index (χ3n) is 2.26. The summed E-state index contributed by atoms with van der Waals surface area (Å²) in [5.74, 6) is 0.997. The van der Waals surface area contributed by atoms with E-state index in [-0.39, 0.29) is 19.1 Å². The van der Waals surface area contributed by atoms with Crippen molar-refractivity contribution in [3.05, 3.63) is 11.7 Å². The average molecular weight is 281 g/mol. The molecule has 0 aromatic carbocycles. The Morgan fingerprint density at radius 1 is 1.37 bits per heavy atom. The van der Waals surface area contributed by atoms with E-state index in [1.165, 1.54) is 0 Å². The largest absolute Gasteiger partial charge is 0.411 e. The molecule has 0 aliphatic rings. The Labute approximate surface area is 109 Å². The molecule has 0 fully saturated rings. The summed E-state index contributed by atoms with van der Waals surface area (Å²) in [6.45, 7) is 2.65. The summed E-state index contributed by atoms with van der Waals surface area (Å²) >= 11 is 0. The van der Waals surface area contributed by atoms with Crippen LogP contribution in [0.15, 0.2) is 4.52 Å². The van der Waals surface area contributed by atoms with Crippen molar-refractivity contribution in [3.8, 4) is 0 Å². The summed E-state index contributed by atoms with van der Waals surface area (Å²) in [7, 11) is 0. The van der Waals surface area contributed by atoms with E-state index in [4.69, 9.17) is 10.3 Å². The van der Waals surface area contributed by atoms with Gasteiger partial charge in [-0.3, -0.25) is 0 Å². The highest BCUT2D eigenvalue weighted by Gasteiger charge is 2.27. The van der Waals surface area contributed by atoms with Crippen molar-refractivity contribution in [2.75, 3.05) is 13.2 Å². The van der Waals surface area contributed by atoms with Gasteiger partial charge in [0, 0.05) is 6.42 Å². The molecule has 19 heavy (non-hydrogen) atoms. The third kappa shape index (κ3) is 6.53. The fraction of sp³-hybridized carbons (Fsp3) is 0.818. The van der Waals surface area contributed by atoms with Crippen molar-refractivity contribution in [1.82, 2.24) is 10.1 Å². The minimum absolute atomic E-state index is 0.113. The minimum atomic E-state index is -4.32. The lowest BCUT2D eigenvalue weighted by Crippen LogP contribution is -2.18. The number of aromatic nitrogens is 2. The Bertz CT molecular complexity index is 380. The zero-order chi connectivity index (χ0) is 14.5. The average Bonchev–Trinajstić information content (AvgIpc) is 2.71. The fourth-order valence-corrected chi connectivity index (χ4v) is 1.48. The van der Waals surface area contributed by atoms with Gasteiger partial charge in [-0.25, -0.2) is 0 Å². The van der Waals surface area contributed by atoms with Crippen molar-refractivity contribution in [3.63, 3.8) is 0 Å². The molecule has 110 valence electrons. The van der Waals surface area contributed by atoms with E-state index in [9.17, 15) is 13.2 Å². The summed E-state index contributed by atoms with van der Waals surface area (Å²) in [6, 6.07) is -0.350. The van der Waals surface area contributed by atoms with Gasteiger partial charge < -0.3 is 15.0 Å². The molecule has 0 aliphatic carbocycles. The lowest BCUT2D eigenvalue weighted by molar-refractivity contribution is -0.173. The molecule has 2 N–H and O–H groups in total. The standard InChI is InChI=1S/C11H18F3N3O2/c1-7(2)5-8(15)10-16-9(17-19-10)3-4-18-6-11(12,13)14/h7-8H,3-6,15H2,1-2H3/t8-/m1/s1. The number of nitrogens with two attached hydrogens (primary N) is 1. The second-order valence-corrected chi connectivity index (χ2v) is 4.70. The van der Waals surface area contributed by atoms with Gasteiger partial charge in [-0.1, -0.05) is 19.0 Å². The zero-order valence-corrected chi connectivity index (χ0v) is 10.9. The van der Waals surface area contributed by atoms with E-state index in [0.29, 0.717) is 24.1 Å². The van der Waals surface area contributed by atoms with Crippen LogP contribution in [0.2, 0.25) is 0 Å². The maximum absolute atomic E-state index is 11.8. The maximum Gasteiger partial charge on any atom is 0.411 e. The molecule has 0 aliphatic heterocycles. The molecular weight excluding hydrogens is 263 g/mol. The van der Waals surface area contributed by atoms with E-state index < -0.39 is 12.8 Å². The summed E-state index contributed by atoms with van der Waals surface area (Å²) in [6.07, 6.45) is -3.46. The van der Waals surface area contributed by atoms with Crippen LogP contribution in [0.1, 0.15) is 38.0 Å². The van der Waals surface area contributed by atoms with Gasteiger partial charge in [-0.05, 0) is 12.3 Å². The van der Waals surface area contributed by atoms with Crippen molar-refractivity contribution >= 4 is 0 Å². The Morgan fingerprint density at radius 2 is 2.05 bits per heavy atom. The van der Waals surface area contributed by atoms with Crippen molar-refractivity contribution < 1.29 is 22.4 Å². The highest BCUT2D eigenvalue weighted by atomic mass is 19.4. The summed E-state index contributed by atoms with van der Waals surface area (Å²) in [5.41, 5.74) is 5.84. The predicted octanol–water partition coefficient (Wildman–Crippen LogP) is 2.24. The SMILES string of the molecule is CC(C)C[C@@H](N)c1nc(CCOCC(F)(F)F)no1. The number of ether oxygens (including phenoxy) is 1. The molecule has 0 amide bonds. The van der Waals surface area contributed by atoms with E-state index in [2.05, 4.69) is 14.9 Å². The summed E-state index contributed by atoms with van der Waals surface area (Å²) < 4.78 is 44.9. The van der Waals surface area contributed by atoms with Crippen LogP contribution in [-0.2, 0) is 11.2 Å². The first-order valence-corrected chi connectivity index (χ1v) is 6.00. The molecule has 0 spiro atoms. The van der Waals surface area contributed by atoms with Crippen LogP contribution in [0.4, 0.5) is 13.2 Å². The number of nitrogens with zero attached hydrogens (tertiary/aromatic N) is 2. The van der Waals surface area contributed by atoms with Crippen molar-refractivity contribution in [2.45, 2.75) is 38.9 Å². The molecule has 0 saturated carbocycles. The van der Waals surface area contributed by atoms with Gasteiger partial charge in [0.15, 0.2) is 5.82 Å². The molecule has 1 atom stereocenters. The van der Waals surface area contributed by atoms with Crippen LogP contribution in [0.3, 0.4) is 0 Å². The Kier molecular flexibility index (Phi) is 5.74. The third-order valence-corrected chi connectivity index (χ3v) is 2.26. The van der Waals surface area contributed by atoms with Crippen molar-refractivity contribution in [1.29, 1.82) is 0 Å². The minimum Gasteiger partial charge on any atom is -0.372 e. The van der Waals surface area contributed by atoms with E-state index in [0.717, 1.165) is 0 Å². The van der Waals surface area contributed by atoms with Gasteiger partial charge in [0.05, 0.1) is 12.6 Å². The lowest BCUT2D eigenvalue weighted by atomic mass is 10.0. The molecule has 8 heteroatoms. The number of rotatable bonds is 7. The van der Waals surface area contributed by atoms with E-state index in [1.54, 1.807) is 0 Å². The van der Waals surface area contributed by atoms with Gasteiger partial charge >= 0.3 is 6.18 Å². The van der Waals surface area contributed by atoms with E-state index in [1.807, 2.05) is 13.8 Å². The fourth-order valence-electron chi connectivity index (χ4n) is 1.48. The second-order valence-electron chi connectivity index (χ2n) is 4.70. The molecule has 5 nitrogen and oxygen atoms in total. The maximum atomic E-state index is 11.8. The first-order valence-electron chi connectivity index (χ1n) is 6.00. The molecule has 1 aromatic heterocycles. The first kappa shape index (κ1) is 15.9. The number of halogens is 3. The Hall–Kier alpha value is -1.15. The first-order chi connectivity index (χ1) is 8.78. The highest BCUT2D eigenvalue weighted by molar-refractivity contribution is 4.92. The van der Waals surface area contributed by atoms with Crippen LogP contribution >= 0.6 is 0 Å². The zero-order valence-electron chi connectivity index (χ0n) is 10.9. The normalized spacial score (nSPS) is 14.1. The summed E-state index contributed by atoms with van der Waals surface area (Å²) in [5, 5.41) is 3.65. The van der Waals surface area contributed by atoms with E-state index >= 15 is 0 Å². The second kappa shape index (κ2) is 6.85. The molecule has 0 unspecified atom stereocenters. The number of alkyl halides is 3. The predicted molar refractivity (Wildman–Crippen MR) is 61.3 cm³/mol. The van der Waals surface area contributed by atoms with Gasteiger partial charge in [0.25, 0.3) is 0 Å². The van der Waals surface area contributed by atoms with Gasteiger partial charge in [0.2, 0.25) is 5.89 Å². The summed E-state index contributed by atoms with van der Waals surface area (Å²) in [4.78, 5) is 4.03. The van der Waals surface area contributed by atoms with Gasteiger partial charge in [-0.2, -0.15) is 18.2 Å². The number of hydrogen-bond acceptors (Lipinski definition) is 5. The van der Waals surface area contributed by atoms with Crippen LogP contribution < -0.4 is 5.73 Å². The number of hydrogen-bond donors (Lipinski definition) is 1. The molecule has 0 radical (unpaired) electrons. The quantitative estimate of drug-likeness (QED) is 0.776. The molecular formula is C11H18F3N3O2. The molecule has 1 aromatic rings. The van der Waals surface area contributed by atoms with Gasteiger partial charge in [-0.15, -0.1) is 0 Å². The lowest BCUT2D eigenvalue weighted by Gasteiger charge is -2.08. The van der Waals surface area contributed by atoms with Crippen molar-refractivity contribution in [2.24, 2.45) is 11.7 Å². The Morgan fingerprint density at radius 3 is 2.63 bits per heavy atom. The molecule has 0 saturated heterocycles. The van der Waals surface area contributed by atoms with Crippen LogP contribution in [0.5, 0.6) is 0 Å². The van der Waals surface area contributed by atoms with Crippen LogP contribution in [-0.4, -0.2) is 29.5 Å². The Balaban J connectivity index is 2.34. The van der Waals surface area contributed by atoms with Crippen LogP contribution in [0.25, 0.3) is 0 Å². The molecule has 0 bridgehead atoms. The van der Waals surface area contributed by atoms with Crippen LogP contribution in [0, 0.1) is 5.92 Å². The molecule has 1 heterocycles. The molecule has 1 rings (SSSR count). The monoisotopic (exact) mass is 281 g/mol. The topological polar surface area (TPSA) is 74.2 Å². The smallest absolute Gasteiger partial charge is 0.372 e. The van der Waals surface area contributed by atoms with Gasteiger partial charge in [0.1, 0.15) is 6.61 Å². The highest BCUT2D eigenvalue weighted by Crippen LogP contribution is 2.17.